The minimum Gasteiger partial charge on any atom is -0.490 e. The highest BCUT2D eigenvalue weighted by Crippen LogP contribution is 2.17. The van der Waals surface area contributed by atoms with Crippen molar-refractivity contribution in [2.24, 2.45) is 0 Å². The minimum absolute atomic E-state index is 0.00282. The second-order valence-corrected chi connectivity index (χ2v) is 7.82. The molecule has 0 aliphatic carbocycles. The molecule has 0 spiro atoms. The Kier molecular flexibility index (Phi) is 13.8. The number of methoxy groups -OCH3 is 1. The maximum absolute atomic E-state index is 12.4. The number of carbonyl (C=O) groups is 3. The third-order valence-corrected chi connectivity index (χ3v) is 4.73. The molecule has 0 amide bonds. The Morgan fingerprint density at radius 1 is 0.912 bits per heavy atom. The molecule has 0 saturated carbocycles. The molecular formula is C25H28BrNO7. The molecule has 2 N–H and O–H groups in total. The van der Waals surface area contributed by atoms with Crippen LogP contribution in [-0.2, 0) is 14.3 Å². The van der Waals surface area contributed by atoms with E-state index in [1.54, 1.807) is 19.2 Å². The van der Waals surface area contributed by atoms with Gasteiger partial charge in [-0.2, -0.15) is 0 Å². The minimum atomic E-state index is -1.26. The second-order valence-electron chi connectivity index (χ2n) is 6.91. The van der Waals surface area contributed by atoms with Gasteiger partial charge in [-0.3, -0.25) is 4.79 Å². The van der Waals surface area contributed by atoms with Crippen LogP contribution >= 0.6 is 15.9 Å². The van der Waals surface area contributed by atoms with Crippen molar-refractivity contribution < 1.29 is 34.1 Å². The van der Waals surface area contributed by atoms with Crippen molar-refractivity contribution in [3.63, 3.8) is 0 Å². The Balaban J connectivity index is 0.000000620. The highest BCUT2D eigenvalue weighted by molar-refractivity contribution is 9.10. The third kappa shape index (κ3) is 12.7. The van der Waals surface area contributed by atoms with Crippen LogP contribution in [0.1, 0.15) is 15.9 Å². The first-order valence-electron chi connectivity index (χ1n) is 10.2. The Labute approximate surface area is 207 Å². The number of hydrogen-bond acceptors (Lipinski definition) is 6. The maximum atomic E-state index is 12.4. The predicted octanol–water partition coefficient (Wildman–Crippen LogP) is 3.91. The quantitative estimate of drug-likeness (QED) is 0.240. The van der Waals surface area contributed by atoms with Gasteiger partial charge in [0.15, 0.2) is 5.78 Å². The van der Waals surface area contributed by atoms with Gasteiger partial charge < -0.3 is 24.6 Å². The van der Waals surface area contributed by atoms with Crippen LogP contribution in [0.4, 0.5) is 0 Å². The summed E-state index contributed by atoms with van der Waals surface area (Å²) in [6.07, 6.45) is 5.18. The van der Waals surface area contributed by atoms with E-state index in [4.69, 9.17) is 19.7 Å². The second kappa shape index (κ2) is 16.4. The van der Waals surface area contributed by atoms with Crippen molar-refractivity contribution in [3.8, 4) is 5.75 Å². The summed E-state index contributed by atoms with van der Waals surface area (Å²) in [5.41, 5.74) is 1.32. The Morgan fingerprint density at radius 2 is 1.44 bits per heavy atom. The first kappa shape index (κ1) is 28.8. The van der Waals surface area contributed by atoms with Crippen LogP contribution in [0.25, 0.3) is 0 Å². The van der Waals surface area contributed by atoms with Gasteiger partial charge in [-0.1, -0.05) is 28.1 Å². The summed E-state index contributed by atoms with van der Waals surface area (Å²) >= 11 is 3.37. The van der Waals surface area contributed by atoms with Crippen LogP contribution in [0, 0.1) is 0 Å². The molecule has 0 unspecified atom stereocenters. The number of hydrogen-bond donors (Lipinski definition) is 2. The molecule has 182 valence electrons. The fourth-order valence-electron chi connectivity index (χ4n) is 2.42. The number of carbonyl (C=O) groups excluding carboxylic acids is 1. The van der Waals surface area contributed by atoms with Gasteiger partial charge in [0, 0.05) is 48.0 Å². The molecule has 2 rings (SSSR count). The first-order valence-corrected chi connectivity index (χ1v) is 11.0. The van der Waals surface area contributed by atoms with Crippen LogP contribution in [0.2, 0.25) is 0 Å². The fraction of sp³-hybridized carbons (Fsp3) is 0.240. The van der Waals surface area contributed by atoms with E-state index in [9.17, 15) is 14.4 Å². The SMILES string of the molecule is COCCN(C)CC=CCOc1ccc(C(=O)c2ccc(Br)cc2)cc1.O=C(O)C=CC(=O)O. The Hall–Kier alpha value is -3.27. The smallest absolute Gasteiger partial charge is 0.328 e. The van der Waals surface area contributed by atoms with Crippen molar-refractivity contribution >= 4 is 33.7 Å². The van der Waals surface area contributed by atoms with E-state index in [0.717, 1.165) is 29.9 Å². The molecule has 0 aromatic heterocycles. The average molecular weight is 534 g/mol. The van der Waals surface area contributed by atoms with Crippen LogP contribution < -0.4 is 4.74 Å². The van der Waals surface area contributed by atoms with E-state index >= 15 is 0 Å². The number of carboxylic acid groups (broad SMARTS) is 2. The van der Waals surface area contributed by atoms with Crippen molar-refractivity contribution in [3.05, 3.63) is 88.4 Å². The highest BCUT2D eigenvalue weighted by Gasteiger charge is 2.08. The molecule has 9 heteroatoms. The lowest BCUT2D eigenvalue weighted by atomic mass is 10.0. The molecule has 8 nitrogen and oxygen atoms in total. The summed E-state index contributed by atoms with van der Waals surface area (Å²) in [7, 11) is 3.75. The van der Waals surface area contributed by atoms with E-state index in [1.165, 1.54) is 0 Å². The summed E-state index contributed by atoms with van der Waals surface area (Å²) < 4.78 is 11.7. The highest BCUT2D eigenvalue weighted by atomic mass is 79.9. The Morgan fingerprint density at radius 3 is 1.94 bits per heavy atom. The molecule has 0 bridgehead atoms. The zero-order valence-electron chi connectivity index (χ0n) is 19.0. The fourth-order valence-corrected chi connectivity index (χ4v) is 2.68. The van der Waals surface area contributed by atoms with Crippen molar-refractivity contribution in [2.75, 3.05) is 40.5 Å². The predicted molar refractivity (Wildman–Crippen MR) is 132 cm³/mol. The number of carboxylic acids is 2. The normalized spacial score (nSPS) is 10.8. The summed E-state index contributed by atoms with van der Waals surface area (Å²) in [5.74, 6) is -1.77. The zero-order chi connectivity index (χ0) is 25.3. The van der Waals surface area contributed by atoms with Crippen molar-refractivity contribution in [1.29, 1.82) is 0 Å². The van der Waals surface area contributed by atoms with E-state index in [0.29, 0.717) is 29.9 Å². The number of benzene rings is 2. The van der Waals surface area contributed by atoms with Gasteiger partial charge in [0.1, 0.15) is 12.4 Å². The van der Waals surface area contributed by atoms with E-state index in [1.807, 2.05) is 49.5 Å². The standard InChI is InChI=1S/C21H24BrNO3.C4H4O4/c1-23(14-16-25-2)13-3-4-15-26-20-11-7-18(8-12-20)21(24)17-5-9-19(22)10-6-17;5-3(6)1-2-4(7)8/h3-12H,13-16H2,1-2H3;1-2H,(H,5,6)(H,7,8). The summed E-state index contributed by atoms with van der Waals surface area (Å²) in [6.45, 7) is 2.98. The monoisotopic (exact) mass is 533 g/mol. The van der Waals surface area contributed by atoms with Crippen LogP contribution in [0.3, 0.4) is 0 Å². The van der Waals surface area contributed by atoms with Gasteiger partial charge in [0.25, 0.3) is 0 Å². The molecule has 0 radical (unpaired) electrons. The summed E-state index contributed by atoms with van der Waals surface area (Å²) in [4.78, 5) is 33.7. The largest absolute Gasteiger partial charge is 0.490 e. The Bertz CT molecular complexity index is 954. The molecule has 0 saturated heterocycles. The van der Waals surface area contributed by atoms with Gasteiger partial charge in [-0.15, -0.1) is 0 Å². The molecule has 34 heavy (non-hydrogen) atoms. The van der Waals surface area contributed by atoms with Gasteiger partial charge in [0.05, 0.1) is 6.61 Å². The topological polar surface area (TPSA) is 113 Å². The summed E-state index contributed by atoms with van der Waals surface area (Å²) in [6, 6.07) is 14.6. The van der Waals surface area contributed by atoms with Crippen LogP contribution in [0.15, 0.2) is 77.3 Å². The summed E-state index contributed by atoms with van der Waals surface area (Å²) in [5, 5.41) is 15.6. The number of nitrogens with zero attached hydrogens (tertiary/aromatic N) is 1. The van der Waals surface area contributed by atoms with Gasteiger partial charge in [0.2, 0.25) is 0 Å². The van der Waals surface area contributed by atoms with Crippen molar-refractivity contribution in [2.45, 2.75) is 0 Å². The number of halogens is 1. The third-order valence-electron chi connectivity index (χ3n) is 4.20. The molecule has 2 aromatic carbocycles. The van der Waals surface area contributed by atoms with Gasteiger partial charge in [-0.25, -0.2) is 9.59 Å². The molecule has 0 fully saturated rings. The molecule has 0 atom stereocenters. The van der Waals surface area contributed by atoms with E-state index in [2.05, 4.69) is 26.9 Å². The number of ether oxygens (including phenoxy) is 2. The van der Waals surface area contributed by atoms with E-state index in [-0.39, 0.29) is 5.78 Å². The first-order chi connectivity index (χ1) is 16.2. The van der Waals surface area contributed by atoms with Gasteiger partial charge >= 0.3 is 11.9 Å². The molecular weight excluding hydrogens is 506 g/mol. The zero-order valence-corrected chi connectivity index (χ0v) is 20.6. The van der Waals surface area contributed by atoms with E-state index < -0.39 is 11.9 Å². The molecule has 0 heterocycles. The number of likely N-dealkylation sites (N-methyl/N-ethyl adjacent to an activating group) is 1. The van der Waals surface area contributed by atoms with Gasteiger partial charge in [-0.05, 0) is 55.6 Å². The molecule has 2 aromatic rings. The van der Waals surface area contributed by atoms with Crippen molar-refractivity contribution in [1.82, 2.24) is 4.90 Å². The van der Waals surface area contributed by atoms with Crippen LogP contribution in [-0.4, -0.2) is 73.3 Å². The average Bonchev–Trinajstić information content (AvgIpc) is 2.82. The maximum Gasteiger partial charge on any atom is 0.328 e. The van der Waals surface area contributed by atoms with Crippen LogP contribution in [0.5, 0.6) is 5.75 Å². The lowest BCUT2D eigenvalue weighted by Gasteiger charge is -2.12. The lowest BCUT2D eigenvalue weighted by molar-refractivity contribution is -0.134. The number of ketones is 1. The number of aliphatic carboxylic acids is 2. The molecule has 0 aliphatic rings. The lowest BCUT2D eigenvalue weighted by Crippen LogP contribution is -2.22. The molecule has 0 aliphatic heterocycles. The number of rotatable bonds is 12.